The van der Waals surface area contributed by atoms with E-state index in [1.165, 1.54) is 19.8 Å². The molecule has 4 unspecified atom stereocenters. The number of aliphatic hydroxyl groups excluding tert-OH is 1. The minimum atomic E-state index is -1.28. The van der Waals surface area contributed by atoms with Crippen molar-refractivity contribution in [1.82, 2.24) is 10.6 Å². The lowest BCUT2D eigenvalue weighted by Gasteiger charge is -2.25. The molecule has 1 aliphatic rings. The van der Waals surface area contributed by atoms with Crippen molar-refractivity contribution in [2.75, 3.05) is 0 Å². The van der Waals surface area contributed by atoms with Crippen LogP contribution in [-0.2, 0) is 4.79 Å². The molecule has 1 saturated carbocycles. The van der Waals surface area contributed by atoms with Gasteiger partial charge in [-0.1, -0.05) is 26.2 Å². The van der Waals surface area contributed by atoms with Crippen molar-refractivity contribution in [2.45, 2.75) is 64.1 Å². The molecule has 1 rings (SSSR count). The van der Waals surface area contributed by atoms with Crippen molar-refractivity contribution < 1.29 is 19.8 Å². The van der Waals surface area contributed by atoms with Gasteiger partial charge in [-0.25, -0.2) is 9.59 Å². The van der Waals surface area contributed by atoms with Crippen LogP contribution in [0.2, 0.25) is 0 Å². The highest BCUT2D eigenvalue weighted by Gasteiger charge is 2.27. The Balaban J connectivity index is 2.51. The number of nitrogens with one attached hydrogen (secondary N) is 2. The molecule has 0 spiro atoms. The SMILES string of the molecule is CC(O)C(NC(=O)NC1CCCCCC1C)C(=O)O. The van der Waals surface area contributed by atoms with Gasteiger partial charge in [0.05, 0.1) is 6.10 Å². The number of carboxylic acid groups (broad SMARTS) is 1. The highest BCUT2D eigenvalue weighted by molar-refractivity contribution is 5.83. The van der Waals surface area contributed by atoms with Crippen LogP contribution in [0.3, 0.4) is 0 Å². The van der Waals surface area contributed by atoms with Crippen LogP contribution in [0.5, 0.6) is 0 Å². The summed E-state index contributed by atoms with van der Waals surface area (Å²) in [4.78, 5) is 22.7. The molecule has 0 aromatic carbocycles. The highest BCUT2D eigenvalue weighted by Crippen LogP contribution is 2.22. The largest absolute Gasteiger partial charge is 0.480 e. The normalized spacial score (nSPS) is 26.9. The lowest BCUT2D eigenvalue weighted by molar-refractivity contribution is -0.141. The first-order valence-corrected chi connectivity index (χ1v) is 6.89. The van der Waals surface area contributed by atoms with Crippen LogP contribution in [0, 0.1) is 5.92 Å². The van der Waals surface area contributed by atoms with Crippen LogP contribution in [0.15, 0.2) is 0 Å². The second kappa shape index (κ2) is 7.33. The third-order valence-electron chi connectivity index (χ3n) is 3.71. The average Bonchev–Trinajstić information content (AvgIpc) is 2.51. The van der Waals surface area contributed by atoms with E-state index >= 15 is 0 Å². The molecule has 0 bridgehead atoms. The number of carboxylic acids is 1. The van der Waals surface area contributed by atoms with Gasteiger partial charge in [-0.05, 0) is 25.7 Å². The lowest BCUT2D eigenvalue weighted by atomic mass is 9.97. The monoisotopic (exact) mass is 272 g/mol. The molecule has 0 aromatic heterocycles. The first kappa shape index (κ1) is 15.8. The van der Waals surface area contributed by atoms with Gasteiger partial charge in [0.15, 0.2) is 6.04 Å². The molecule has 0 heterocycles. The second-order valence-electron chi connectivity index (χ2n) is 5.40. The second-order valence-corrected chi connectivity index (χ2v) is 5.40. The molecular weight excluding hydrogens is 248 g/mol. The van der Waals surface area contributed by atoms with Gasteiger partial charge in [-0.15, -0.1) is 0 Å². The van der Waals surface area contributed by atoms with Crippen LogP contribution in [0.25, 0.3) is 0 Å². The molecule has 6 heteroatoms. The van der Waals surface area contributed by atoms with Crippen molar-refractivity contribution in [3.05, 3.63) is 0 Å². The van der Waals surface area contributed by atoms with E-state index in [2.05, 4.69) is 17.6 Å². The summed E-state index contributed by atoms with van der Waals surface area (Å²) in [7, 11) is 0. The van der Waals surface area contributed by atoms with Gasteiger partial charge in [0, 0.05) is 6.04 Å². The molecule has 0 aliphatic heterocycles. The smallest absolute Gasteiger partial charge is 0.328 e. The van der Waals surface area contributed by atoms with E-state index in [9.17, 15) is 14.7 Å². The molecule has 1 aliphatic carbocycles. The van der Waals surface area contributed by atoms with Gasteiger partial charge in [-0.2, -0.15) is 0 Å². The van der Waals surface area contributed by atoms with E-state index in [1.54, 1.807) is 0 Å². The van der Waals surface area contributed by atoms with E-state index in [0.717, 1.165) is 19.3 Å². The molecule has 6 nitrogen and oxygen atoms in total. The topological polar surface area (TPSA) is 98.7 Å². The first-order valence-electron chi connectivity index (χ1n) is 6.89. The number of aliphatic hydroxyl groups is 1. The lowest BCUT2D eigenvalue weighted by Crippen LogP contribution is -2.53. The van der Waals surface area contributed by atoms with Gasteiger partial charge in [0.1, 0.15) is 0 Å². The zero-order valence-electron chi connectivity index (χ0n) is 11.6. The van der Waals surface area contributed by atoms with Gasteiger partial charge < -0.3 is 20.8 Å². The maximum absolute atomic E-state index is 11.8. The molecule has 4 N–H and O–H groups in total. The average molecular weight is 272 g/mol. The molecule has 1 fully saturated rings. The third-order valence-corrected chi connectivity index (χ3v) is 3.71. The molecule has 0 saturated heterocycles. The summed E-state index contributed by atoms with van der Waals surface area (Å²) in [6, 6.07) is -1.72. The Bertz CT molecular complexity index is 320. The molecule has 110 valence electrons. The maximum atomic E-state index is 11.8. The van der Waals surface area contributed by atoms with E-state index in [0.29, 0.717) is 5.92 Å². The fraction of sp³-hybridized carbons (Fsp3) is 0.846. The quantitative estimate of drug-likeness (QED) is 0.576. The first-order chi connectivity index (χ1) is 8.91. The third kappa shape index (κ3) is 5.06. The molecule has 19 heavy (non-hydrogen) atoms. The summed E-state index contributed by atoms with van der Waals surface area (Å²) >= 11 is 0. The summed E-state index contributed by atoms with van der Waals surface area (Å²) in [5.41, 5.74) is 0. The van der Waals surface area contributed by atoms with E-state index in [-0.39, 0.29) is 6.04 Å². The standard InChI is InChI=1S/C13H24N2O4/c1-8-6-4-3-5-7-10(8)14-13(19)15-11(9(2)16)12(17)18/h8-11,16H,3-7H2,1-2H3,(H,17,18)(H2,14,15,19). The Hall–Kier alpha value is -1.30. The van der Waals surface area contributed by atoms with E-state index in [1.807, 2.05) is 0 Å². The summed E-state index contributed by atoms with van der Waals surface area (Å²) in [6.07, 6.45) is 4.29. The van der Waals surface area contributed by atoms with Crippen molar-refractivity contribution in [3.8, 4) is 0 Å². The Morgan fingerprint density at radius 2 is 1.84 bits per heavy atom. The van der Waals surface area contributed by atoms with Crippen molar-refractivity contribution >= 4 is 12.0 Å². The summed E-state index contributed by atoms with van der Waals surface area (Å²) in [6.45, 7) is 3.44. The fourth-order valence-electron chi connectivity index (χ4n) is 2.45. The number of amides is 2. The summed E-state index contributed by atoms with van der Waals surface area (Å²) in [5, 5.41) is 23.3. The van der Waals surface area contributed by atoms with Gasteiger partial charge in [0.25, 0.3) is 0 Å². The number of aliphatic carboxylic acids is 1. The van der Waals surface area contributed by atoms with Crippen molar-refractivity contribution in [2.24, 2.45) is 5.92 Å². The molecule has 2 amide bonds. The Morgan fingerprint density at radius 1 is 1.21 bits per heavy atom. The van der Waals surface area contributed by atoms with Gasteiger partial charge >= 0.3 is 12.0 Å². The zero-order valence-corrected chi connectivity index (χ0v) is 11.6. The number of hydrogen-bond acceptors (Lipinski definition) is 3. The van der Waals surface area contributed by atoms with E-state index in [4.69, 9.17) is 5.11 Å². The molecule has 4 atom stereocenters. The van der Waals surface area contributed by atoms with Gasteiger partial charge in [-0.3, -0.25) is 0 Å². The predicted octanol–water partition coefficient (Wildman–Crippen LogP) is 1.09. The maximum Gasteiger partial charge on any atom is 0.328 e. The van der Waals surface area contributed by atoms with Gasteiger partial charge in [0.2, 0.25) is 0 Å². The Labute approximate surface area is 113 Å². The Kier molecular flexibility index (Phi) is 6.08. The number of rotatable bonds is 4. The van der Waals surface area contributed by atoms with Crippen LogP contribution in [0.4, 0.5) is 4.79 Å². The van der Waals surface area contributed by atoms with Crippen LogP contribution < -0.4 is 10.6 Å². The van der Waals surface area contributed by atoms with Crippen molar-refractivity contribution in [3.63, 3.8) is 0 Å². The molecule has 0 aromatic rings. The minimum Gasteiger partial charge on any atom is -0.480 e. The number of hydrogen-bond donors (Lipinski definition) is 4. The number of urea groups is 1. The predicted molar refractivity (Wildman–Crippen MR) is 70.8 cm³/mol. The molecular formula is C13H24N2O4. The van der Waals surface area contributed by atoms with E-state index < -0.39 is 24.1 Å². The number of carbonyl (C=O) groups is 2. The Morgan fingerprint density at radius 3 is 2.42 bits per heavy atom. The van der Waals surface area contributed by atoms with Crippen molar-refractivity contribution in [1.29, 1.82) is 0 Å². The minimum absolute atomic E-state index is 0.0749. The highest BCUT2D eigenvalue weighted by atomic mass is 16.4. The molecule has 0 radical (unpaired) electrons. The number of carbonyl (C=O) groups excluding carboxylic acids is 1. The summed E-state index contributed by atoms with van der Waals surface area (Å²) in [5.74, 6) is -0.845. The summed E-state index contributed by atoms with van der Waals surface area (Å²) < 4.78 is 0. The van der Waals surface area contributed by atoms with Crippen LogP contribution >= 0.6 is 0 Å². The van der Waals surface area contributed by atoms with Crippen LogP contribution in [-0.4, -0.2) is 40.4 Å². The zero-order chi connectivity index (χ0) is 14.4. The van der Waals surface area contributed by atoms with Crippen LogP contribution in [0.1, 0.15) is 46.0 Å². The fourth-order valence-corrected chi connectivity index (χ4v) is 2.45.